The highest BCUT2D eigenvalue weighted by molar-refractivity contribution is 7.55. The predicted octanol–water partition coefficient (Wildman–Crippen LogP) is 3.19. The normalized spacial score (nSPS) is 14.2. The fraction of sp³-hybridized carbons (Fsp3) is 0.444. The third-order valence-electron chi connectivity index (χ3n) is 2.15. The lowest BCUT2D eigenvalue weighted by molar-refractivity contribution is 0.0913. The zero-order valence-electron chi connectivity index (χ0n) is 9.93. The van der Waals surface area contributed by atoms with E-state index in [9.17, 15) is 9.36 Å². The fourth-order valence-corrected chi connectivity index (χ4v) is 3.67. The van der Waals surface area contributed by atoms with Crippen LogP contribution < -0.4 is 5.32 Å². The Labute approximate surface area is 124 Å². The lowest BCUT2D eigenvalue weighted by Crippen LogP contribution is -2.44. The lowest BCUT2D eigenvalue weighted by Gasteiger charge is -2.29. The van der Waals surface area contributed by atoms with Gasteiger partial charge in [0.1, 0.15) is 0 Å². The van der Waals surface area contributed by atoms with Gasteiger partial charge >= 0.3 is 7.60 Å². The second-order valence-electron chi connectivity index (χ2n) is 3.30. The predicted molar refractivity (Wildman–Crippen MR) is 71.9 cm³/mol. The highest BCUT2D eigenvalue weighted by Crippen LogP contribution is 2.57. The van der Waals surface area contributed by atoms with Gasteiger partial charge in [0.2, 0.25) is 3.79 Å². The molecule has 1 atom stereocenters. The Balaban J connectivity index is 3.01. The third-order valence-corrected chi connectivity index (χ3v) is 5.43. The molecule has 1 N–H and O–H groups in total. The van der Waals surface area contributed by atoms with Crippen LogP contribution in [0.25, 0.3) is 0 Å². The van der Waals surface area contributed by atoms with Crippen LogP contribution in [0.4, 0.5) is 0 Å². The van der Waals surface area contributed by atoms with Crippen molar-refractivity contribution < 1.29 is 22.8 Å². The third kappa shape index (κ3) is 4.12. The molecule has 0 saturated carbocycles. The summed E-state index contributed by atoms with van der Waals surface area (Å²) in [5, 5.41) is 2.26. The number of rotatable bonds is 5. The molecule has 0 fully saturated rings. The molecule has 10 heteroatoms. The number of hydrogen-bond acceptors (Lipinski definition) is 5. The zero-order valence-corrected chi connectivity index (χ0v) is 13.1. The quantitative estimate of drug-likeness (QED) is 0.652. The molecular formula is C9H11Cl3NO5P. The van der Waals surface area contributed by atoms with E-state index in [0.717, 1.165) is 14.2 Å². The summed E-state index contributed by atoms with van der Waals surface area (Å²) in [5.41, 5.74) is 0. The van der Waals surface area contributed by atoms with Crippen LogP contribution in [-0.4, -0.2) is 29.7 Å². The van der Waals surface area contributed by atoms with Crippen molar-refractivity contribution in [2.24, 2.45) is 0 Å². The monoisotopic (exact) mass is 349 g/mol. The second-order valence-corrected chi connectivity index (χ2v) is 8.00. The molecule has 0 aliphatic heterocycles. The van der Waals surface area contributed by atoms with E-state index in [1.807, 2.05) is 0 Å². The van der Waals surface area contributed by atoms with Crippen LogP contribution in [0.3, 0.4) is 0 Å². The maximum Gasteiger partial charge on any atom is 0.356 e. The Morgan fingerprint density at radius 1 is 1.42 bits per heavy atom. The molecule has 0 bridgehead atoms. The summed E-state index contributed by atoms with van der Waals surface area (Å²) in [7, 11) is -1.60. The maximum atomic E-state index is 12.3. The Morgan fingerprint density at radius 3 is 2.37 bits per heavy atom. The molecule has 1 amide bonds. The molecule has 19 heavy (non-hydrogen) atoms. The molecule has 0 aromatic carbocycles. The van der Waals surface area contributed by atoms with Crippen molar-refractivity contribution in [3.05, 3.63) is 24.2 Å². The molecule has 6 nitrogen and oxygen atoms in total. The molecule has 1 heterocycles. The summed E-state index contributed by atoms with van der Waals surface area (Å²) in [4.78, 5) is 11.8. The van der Waals surface area contributed by atoms with Crippen LogP contribution in [0.15, 0.2) is 22.8 Å². The summed E-state index contributed by atoms with van der Waals surface area (Å²) < 4.78 is 24.5. The number of halogens is 3. The molecule has 0 spiro atoms. The minimum absolute atomic E-state index is 0.0296. The SMILES string of the molecule is COP(=O)(OC)[C@@H](NC(=O)c1ccco1)C(Cl)(Cl)Cl. The van der Waals surface area contributed by atoms with Crippen molar-refractivity contribution in [2.45, 2.75) is 9.58 Å². The summed E-state index contributed by atoms with van der Waals surface area (Å²) in [6.45, 7) is 0. The zero-order chi connectivity index (χ0) is 14.7. The number of carbonyl (C=O) groups is 1. The highest BCUT2D eigenvalue weighted by atomic mass is 35.6. The number of alkyl halides is 3. The van der Waals surface area contributed by atoms with E-state index in [0.29, 0.717) is 0 Å². The van der Waals surface area contributed by atoms with E-state index in [1.165, 1.54) is 18.4 Å². The van der Waals surface area contributed by atoms with Gasteiger partial charge in [0, 0.05) is 14.2 Å². The van der Waals surface area contributed by atoms with Crippen LogP contribution in [-0.2, 0) is 13.6 Å². The average molecular weight is 351 g/mol. The Hall–Kier alpha value is -0.230. The first-order chi connectivity index (χ1) is 8.74. The summed E-state index contributed by atoms with van der Waals surface area (Å²) in [6.07, 6.45) is 1.30. The van der Waals surface area contributed by atoms with Crippen molar-refractivity contribution in [1.82, 2.24) is 5.32 Å². The molecule has 1 aromatic rings. The van der Waals surface area contributed by atoms with Gasteiger partial charge in [-0.05, 0) is 12.1 Å². The Bertz CT molecular complexity index is 465. The molecule has 1 rings (SSSR count). The van der Waals surface area contributed by atoms with Crippen LogP contribution in [0, 0.1) is 0 Å². The van der Waals surface area contributed by atoms with Gasteiger partial charge in [0.05, 0.1) is 6.26 Å². The first kappa shape index (κ1) is 16.8. The number of nitrogens with one attached hydrogen (secondary N) is 1. The van der Waals surface area contributed by atoms with E-state index in [-0.39, 0.29) is 5.76 Å². The average Bonchev–Trinajstić information content (AvgIpc) is 2.87. The van der Waals surface area contributed by atoms with Crippen molar-refractivity contribution in [3.63, 3.8) is 0 Å². The first-order valence-electron chi connectivity index (χ1n) is 4.87. The van der Waals surface area contributed by atoms with Gasteiger partial charge in [-0.3, -0.25) is 9.36 Å². The first-order valence-corrected chi connectivity index (χ1v) is 7.61. The van der Waals surface area contributed by atoms with Crippen LogP contribution in [0.5, 0.6) is 0 Å². The lowest BCUT2D eigenvalue weighted by atomic mass is 10.4. The van der Waals surface area contributed by atoms with Gasteiger partial charge in [0.15, 0.2) is 11.5 Å². The molecule has 108 valence electrons. The van der Waals surface area contributed by atoms with Gasteiger partial charge in [-0.15, -0.1) is 0 Å². The maximum absolute atomic E-state index is 12.3. The summed E-state index contributed by atoms with van der Waals surface area (Å²) in [6, 6.07) is 2.90. The molecule has 0 aliphatic carbocycles. The number of hydrogen-bond donors (Lipinski definition) is 1. The van der Waals surface area contributed by atoms with Gasteiger partial charge in [-0.25, -0.2) is 0 Å². The Morgan fingerprint density at radius 2 is 2.00 bits per heavy atom. The highest BCUT2D eigenvalue weighted by Gasteiger charge is 2.49. The molecule has 0 unspecified atom stereocenters. The van der Waals surface area contributed by atoms with Gasteiger partial charge in [-0.1, -0.05) is 34.8 Å². The van der Waals surface area contributed by atoms with Crippen molar-refractivity contribution in [1.29, 1.82) is 0 Å². The van der Waals surface area contributed by atoms with E-state index < -0.39 is 23.1 Å². The standard InChI is InChI=1S/C9H11Cl3NO5P/c1-16-19(15,17-2)8(9(10,11)12)13-7(14)6-4-3-5-18-6/h3-5,8H,1-2H3,(H,13,14)/t8-/m1/s1. The van der Waals surface area contributed by atoms with Crippen LogP contribution in [0.2, 0.25) is 0 Å². The molecule has 1 aromatic heterocycles. The van der Waals surface area contributed by atoms with Gasteiger partial charge in [-0.2, -0.15) is 0 Å². The van der Waals surface area contributed by atoms with E-state index in [1.54, 1.807) is 0 Å². The number of carbonyl (C=O) groups excluding carboxylic acids is 1. The van der Waals surface area contributed by atoms with Gasteiger partial charge < -0.3 is 18.8 Å². The number of furan rings is 1. The minimum Gasteiger partial charge on any atom is -0.459 e. The second kappa shape index (κ2) is 6.48. The molecular weight excluding hydrogens is 339 g/mol. The fourth-order valence-electron chi connectivity index (χ4n) is 1.23. The molecule has 0 radical (unpaired) electrons. The number of amides is 1. The largest absolute Gasteiger partial charge is 0.459 e. The Kier molecular flexibility index (Phi) is 5.74. The summed E-state index contributed by atoms with van der Waals surface area (Å²) >= 11 is 17.1. The smallest absolute Gasteiger partial charge is 0.356 e. The molecule has 0 saturated heterocycles. The summed E-state index contributed by atoms with van der Waals surface area (Å²) in [5.74, 6) is -2.23. The van der Waals surface area contributed by atoms with Crippen molar-refractivity contribution in [3.8, 4) is 0 Å². The minimum atomic E-state index is -3.84. The van der Waals surface area contributed by atoms with Crippen LogP contribution in [0.1, 0.15) is 10.6 Å². The van der Waals surface area contributed by atoms with E-state index >= 15 is 0 Å². The van der Waals surface area contributed by atoms with Crippen LogP contribution >= 0.6 is 42.4 Å². The van der Waals surface area contributed by atoms with Gasteiger partial charge in [0.25, 0.3) is 5.91 Å². The molecule has 0 aliphatic rings. The van der Waals surface area contributed by atoms with Crippen molar-refractivity contribution in [2.75, 3.05) is 14.2 Å². The van der Waals surface area contributed by atoms with Crippen molar-refractivity contribution >= 4 is 48.3 Å². The van der Waals surface area contributed by atoms with E-state index in [2.05, 4.69) is 5.32 Å². The van der Waals surface area contributed by atoms with E-state index in [4.69, 9.17) is 48.3 Å². The topological polar surface area (TPSA) is 77.8 Å².